The van der Waals surface area contributed by atoms with Gasteiger partial charge >= 0.3 is 0 Å². The van der Waals surface area contributed by atoms with E-state index in [4.69, 9.17) is 9.72 Å². The number of hydrogen-bond donors (Lipinski definition) is 0. The van der Waals surface area contributed by atoms with E-state index >= 15 is 0 Å². The molecule has 29 heavy (non-hydrogen) atoms. The second-order valence-corrected chi connectivity index (χ2v) is 10.8. The summed E-state index contributed by atoms with van der Waals surface area (Å²) in [6, 6.07) is 8.31. The van der Waals surface area contributed by atoms with Crippen LogP contribution in [0.1, 0.15) is 49.6 Å². The highest BCUT2D eigenvalue weighted by molar-refractivity contribution is 7.99. The fourth-order valence-electron chi connectivity index (χ4n) is 3.74. The van der Waals surface area contributed by atoms with Crippen LogP contribution in [0.15, 0.2) is 34.2 Å². The summed E-state index contributed by atoms with van der Waals surface area (Å²) in [5, 5.41) is 1.62. The van der Waals surface area contributed by atoms with Crippen LogP contribution in [0.5, 0.6) is 5.75 Å². The van der Waals surface area contributed by atoms with Crippen LogP contribution in [0.2, 0.25) is 0 Å². The first-order valence-corrected chi connectivity index (χ1v) is 12.0. The molecule has 2 aromatic heterocycles. The highest BCUT2D eigenvalue weighted by Crippen LogP contribution is 2.34. The SMILES string of the molecule is Cn1c(SCCOc2ccc(C(C)(C)C)cc2)nc2sc3c(c2c1=O)CCCC3. The molecule has 6 heteroatoms. The molecular formula is C23H28N2O2S2. The molecule has 154 valence electrons. The molecule has 0 amide bonds. The Hall–Kier alpha value is -1.79. The Labute approximate surface area is 180 Å². The molecule has 1 aliphatic rings. The quantitative estimate of drug-likeness (QED) is 0.312. The van der Waals surface area contributed by atoms with Gasteiger partial charge in [-0.2, -0.15) is 0 Å². The van der Waals surface area contributed by atoms with Gasteiger partial charge in [0, 0.05) is 17.7 Å². The van der Waals surface area contributed by atoms with Gasteiger partial charge in [0.15, 0.2) is 5.16 Å². The molecule has 0 fully saturated rings. The van der Waals surface area contributed by atoms with Crippen molar-refractivity contribution < 1.29 is 4.74 Å². The van der Waals surface area contributed by atoms with Crippen molar-refractivity contribution in [3.05, 3.63) is 50.6 Å². The molecule has 0 N–H and O–H groups in total. The molecule has 3 aromatic rings. The zero-order valence-corrected chi connectivity index (χ0v) is 19.2. The zero-order chi connectivity index (χ0) is 20.6. The molecule has 1 aliphatic carbocycles. The number of aryl methyl sites for hydroxylation is 2. The lowest BCUT2D eigenvalue weighted by atomic mass is 9.87. The smallest absolute Gasteiger partial charge is 0.262 e. The van der Waals surface area contributed by atoms with Crippen LogP contribution in [0, 0.1) is 0 Å². The zero-order valence-electron chi connectivity index (χ0n) is 17.6. The number of nitrogens with zero attached hydrogens (tertiary/aromatic N) is 2. The third-order valence-electron chi connectivity index (χ3n) is 5.46. The van der Waals surface area contributed by atoms with Crippen molar-refractivity contribution in [1.29, 1.82) is 0 Å². The maximum atomic E-state index is 12.9. The second kappa shape index (κ2) is 8.15. The molecule has 0 saturated heterocycles. The van der Waals surface area contributed by atoms with E-state index in [1.165, 1.54) is 28.8 Å². The van der Waals surface area contributed by atoms with Gasteiger partial charge in [0.2, 0.25) is 0 Å². The summed E-state index contributed by atoms with van der Waals surface area (Å²) >= 11 is 3.29. The number of fused-ring (bicyclic) bond motifs is 3. The molecule has 2 heterocycles. The van der Waals surface area contributed by atoms with E-state index in [-0.39, 0.29) is 11.0 Å². The Morgan fingerprint density at radius 3 is 2.62 bits per heavy atom. The fraction of sp³-hybridized carbons (Fsp3) is 0.478. The van der Waals surface area contributed by atoms with E-state index in [1.807, 2.05) is 19.2 Å². The van der Waals surface area contributed by atoms with Crippen molar-refractivity contribution in [3.63, 3.8) is 0 Å². The third-order valence-corrected chi connectivity index (χ3v) is 7.64. The van der Waals surface area contributed by atoms with Crippen LogP contribution in [0.25, 0.3) is 10.2 Å². The summed E-state index contributed by atoms with van der Waals surface area (Å²) in [5.41, 5.74) is 2.79. The van der Waals surface area contributed by atoms with Gasteiger partial charge in [-0.15, -0.1) is 11.3 Å². The molecule has 0 unspecified atom stereocenters. The van der Waals surface area contributed by atoms with E-state index in [9.17, 15) is 4.79 Å². The molecule has 0 spiro atoms. The minimum absolute atomic E-state index is 0.0931. The second-order valence-electron chi connectivity index (χ2n) is 8.62. The van der Waals surface area contributed by atoms with Crippen LogP contribution in [-0.4, -0.2) is 21.9 Å². The van der Waals surface area contributed by atoms with E-state index in [0.717, 1.165) is 39.7 Å². The molecule has 4 nitrogen and oxygen atoms in total. The van der Waals surface area contributed by atoms with Gasteiger partial charge < -0.3 is 4.74 Å². The van der Waals surface area contributed by atoms with Gasteiger partial charge in [0.25, 0.3) is 5.56 Å². The van der Waals surface area contributed by atoms with Crippen molar-refractivity contribution in [3.8, 4) is 5.75 Å². The number of aromatic nitrogens is 2. The Morgan fingerprint density at radius 1 is 1.17 bits per heavy atom. The standard InChI is InChI=1S/C23H28N2O2S2/c1-23(2,3)15-9-11-16(12-10-15)27-13-14-28-22-24-20-19(21(26)25(22)4)17-7-5-6-8-18(17)29-20/h9-12H,5-8,13-14H2,1-4H3. The number of thioether (sulfide) groups is 1. The highest BCUT2D eigenvalue weighted by atomic mass is 32.2. The van der Waals surface area contributed by atoms with E-state index < -0.39 is 0 Å². The van der Waals surface area contributed by atoms with E-state index in [2.05, 4.69) is 32.9 Å². The minimum atomic E-state index is 0.0931. The van der Waals surface area contributed by atoms with Crippen LogP contribution in [-0.2, 0) is 25.3 Å². The largest absolute Gasteiger partial charge is 0.493 e. The van der Waals surface area contributed by atoms with Crippen molar-refractivity contribution in [2.75, 3.05) is 12.4 Å². The monoisotopic (exact) mass is 428 g/mol. The third kappa shape index (κ3) is 4.24. The van der Waals surface area contributed by atoms with Crippen LogP contribution in [0.3, 0.4) is 0 Å². The molecule has 0 radical (unpaired) electrons. The van der Waals surface area contributed by atoms with Crippen LogP contribution in [0.4, 0.5) is 0 Å². The maximum Gasteiger partial charge on any atom is 0.262 e. The Kier molecular flexibility index (Phi) is 5.76. The highest BCUT2D eigenvalue weighted by Gasteiger charge is 2.21. The van der Waals surface area contributed by atoms with Gasteiger partial charge in [-0.1, -0.05) is 44.7 Å². The van der Waals surface area contributed by atoms with Gasteiger partial charge in [0.05, 0.1) is 12.0 Å². The summed E-state index contributed by atoms with van der Waals surface area (Å²) in [6.07, 6.45) is 4.49. The Balaban J connectivity index is 1.42. The van der Waals surface area contributed by atoms with Crippen LogP contribution < -0.4 is 10.3 Å². The number of rotatable bonds is 5. The van der Waals surface area contributed by atoms with Crippen molar-refractivity contribution in [2.24, 2.45) is 7.05 Å². The summed E-state index contributed by atoms with van der Waals surface area (Å²) in [4.78, 5) is 20.0. The van der Waals surface area contributed by atoms with Gasteiger partial charge in [-0.25, -0.2) is 4.98 Å². The predicted octanol–water partition coefficient (Wildman–Crippen LogP) is 5.34. The first-order chi connectivity index (χ1) is 13.8. The molecule has 0 atom stereocenters. The number of hydrogen-bond acceptors (Lipinski definition) is 5. The molecular weight excluding hydrogens is 400 g/mol. The first-order valence-electron chi connectivity index (χ1n) is 10.2. The van der Waals surface area contributed by atoms with Crippen molar-refractivity contribution in [1.82, 2.24) is 9.55 Å². The molecule has 1 aromatic carbocycles. The fourth-order valence-corrected chi connectivity index (χ4v) is 5.83. The Bertz CT molecular complexity index is 1080. The van der Waals surface area contributed by atoms with Gasteiger partial charge in [-0.3, -0.25) is 9.36 Å². The lowest BCUT2D eigenvalue weighted by Crippen LogP contribution is -2.21. The lowest BCUT2D eigenvalue weighted by Gasteiger charge is -2.19. The van der Waals surface area contributed by atoms with Gasteiger partial charge in [0.1, 0.15) is 10.6 Å². The van der Waals surface area contributed by atoms with E-state index in [1.54, 1.807) is 27.7 Å². The first kappa shape index (κ1) is 20.5. The summed E-state index contributed by atoms with van der Waals surface area (Å²) in [5.74, 6) is 1.62. The molecule has 0 aliphatic heterocycles. The Morgan fingerprint density at radius 2 is 1.90 bits per heavy atom. The number of ether oxygens (including phenoxy) is 1. The summed E-state index contributed by atoms with van der Waals surface area (Å²) < 4.78 is 7.59. The average Bonchev–Trinajstić information content (AvgIpc) is 3.07. The predicted molar refractivity (Wildman–Crippen MR) is 123 cm³/mol. The molecule has 0 bridgehead atoms. The topological polar surface area (TPSA) is 44.1 Å². The average molecular weight is 429 g/mol. The normalized spacial score (nSPS) is 14.2. The lowest BCUT2D eigenvalue weighted by molar-refractivity contribution is 0.343. The maximum absolute atomic E-state index is 12.9. The summed E-state index contributed by atoms with van der Waals surface area (Å²) in [6.45, 7) is 7.20. The minimum Gasteiger partial charge on any atom is -0.493 e. The van der Waals surface area contributed by atoms with Crippen LogP contribution >= 0.6 is 23.1 Å². The van der Waals surface area contributed by atoms with E-state index in [0.29, 0.717) is 6.61 Å². The molecule has 0 saturated carbocycles. The van der Waals surface area contributed by atoms with Gasteiger partial charge in [-0.05, 0) is 54.4 Å². The molecule has 4 rings (SSSR count). The van der Waals surface area contributed by atoms with Crippen molar-refractivity contribution >= 4 is 33.3 Å². The summed E-state index contributed by atoms with van der Waals surface area (Å²) in [7, 11) is 1.83. The number of benzene rings is 1. The number of thiophene rings is 1. The van der Waals surface area contributed by atoms with Crippen molar-refractivity contribution in [2.45, 2.75) is 57.0 Å².